The fraction of sp³-hybridized carbons (Fsp3) is 0.714. The summed E-state index contributed by atoms with van der Waals surface area (Å²) in [6.45, 7) is 2.36. The van der Waals surface area contributed by atoms with E-state index in [2.05, 4.69) is 10.3 Å². The molecule has 2 aliphatic rings. The summed E-state index contributed by atoms with van der Waals surface area (Å²) in [5, 5.41) is 32.3. The van der Waals surface area contributed by atoms with Crippen molar-refractivity contribution in [2.24, 2.45) is 22.7 Å². The Bertz CT molecular complexity index is 464. The van der Waals surface area contributed by atoms with Crippen molar-refractivity contribution in [3.8, 4) is 0 Å². The number of fused-ring (bicyclic) bond motifs is 1. The lowest BCUT2D eigenvalue weighted by molar-refractivity contribution is -0.144. The van der Waals surface area contributed by atoms with E-state index in [4.69, 9.17) is 0 Å². The fourth-order valence-electron chi connectivity index (χ4n) is 3.43. The second-order valence-electron chi connectivity index (χ2n) is 5.53. The highest BCUT2D eigenvalue weighted by Crippen LogP contribution is 2.57. The number of aliphatic hydroxyl groups excluding tert-OH is 2. The van der Waals surface area contributed by atoms with E-state index in [1.54, 1.807) is 20.3 Å². The molecule has 7 heteroatoms. The van der Waals surface area contributed by atoms with Gasteiger partial charge in [0.15, 0.2) is 0 Å². The number of rotatable bonds is 7. The van der Waals surface area contributed by atoms with Gasteiger partial charge in [-0.05, 0) is 24.2 Å². The number of allylic oxidation sites excluding steroid dienone is 1. The summed E-state index contributed by atoms with van der Waals surface area (Å²) in [4.78, 5) is 16.1. The number of aliphatic carboxylic acids is 1. The average Bonchev–Trinajstić information content (AvgIpc) is 2.72. The molecule has 0 amide bonds. The van der Waals surface area contributed by atoms with E-state index >= 15 is 0 Å². The molecule has 0 aromatic carbocycles. The van der Waals surface area contributed by atoms with Gasteiger partial charge in [0.1, 0.15) is 0 Å². The molecule has 0 aromatic heterocycles. The normalized spacial score (nSPS) is 33.0. The van der Waals surface area contributed by atoms with Gasteiger partial charge in [-0.15, -0.1) is 11.8 Å². The van der Waals surface area contributed by atoms with Crippen LogP contribution in [0.5, 0.6) is 0 Å². The molecule has 0 saturated heterocycles. The molecule has 1 fully saturated rings. The number of carbonyl (C=O) groups is 1. The van der Waals surface area contributed by atoms with Crippen LogP contribution in [0.1, 0.15) is 13.3 Å². The number of thioether (sulfide) groups is 1. The van der Waals surface area contributed by atoms with Crippen molar-refractivity contribution in [1.82, 2.24) is 5.32 Å². The van der Waals surface area contributed by atoms with E-state index in [-0.39, 0.29) is 17.8 Å². The zero-order valence-electron chi connectivity index (χ0n) is 12.2. The highest BCUT2D eigenvalue weighted by atomic mass is 32.2. The van der Waals surface area contributed by atoms with Crippen molar-refractivity contribution < 1.29 is 20.1 Å². The Balaban J connectivity index is 2.01. The molecular weight excluding hydrogens is 292 g/mol. The lowest BCUT2D eigenvalue weighted by Gasteiger charge is -2.48. The lowest BCUT2D eigenvalue weighted by Crippen LogP contribution is -2.54. The number of hydrogen-bond acceptors (Lipinski definition) is 5. The predicted molar refractivity (Wildman–Crippen MR) is 82.3 cm³/mol. The van der Waals surface area contributed by atoms with Gasteiger partial charge in [-0.2, -0.15) is 0 Å². The van der Waals surface area contributed by atoms with Gasteiger partial charge >= 0.3 is 5.97 Å². The Morgan fingerprint density at radius 3 is 2.90 bits per heavy atom. The van der Waals surface area contributed by atoms with E-state index in [0.29, 0.717) is 18.5 Å². The first kappa shape index (κ1) is 16.3. The quantitative estimate of drug-likeness (QED) is 0.306. The molecule has 5 unspecified atom stereocenters. The highest BCUT2D eigenvalue weighted by Gasteiger charge is 2.58. The summed E-state index contributed by atoms with van der Waals surface area (Å²) in [6.07, 6.45) is 0.900. The van der Waals surface area contributed by atoms with Crippen molar-refractivity contribution in [1.29, 1.82) is 0 Å². The van der Waals surface area contributed by atoms with E-state index in [1.165, 1.54) is 11.8 Å². The van der Waals surface area contributed by atoms with Crippen LogP contribution in [0, 0.1) is 17.8 Å². The second kappa shape index (κ2) is 6.81. The Kier molecular flexibility index (Phi) is 5.29. The highest BCUT2D eigenvalue weighted by molar-refractivity contribution is 8.03. The van der Waals surface area contributed by atoms with Crippen molar-refractivity contribution in [2.45, 2.75) is 25.6 Å². The number of nitrogens with zero attached hydrogens (tertiary/aromatic N) is 1. The van der Waals surface area contributed by atoms with Crippen LogP contribution >= 0.6 is 11.8 Å². The van der Waals surface area contributed by atoms with Crippen LogP contribution in [-0.2, 0) is 4.79 Å². The molecule has 0 bridgehead atoms. The molecule has 0 spiro atoms. The van der Waals surface area contributed by atoms with Gasteiger partial charge in [-0.25, -0.2) is 4.79 Å². The summed E-state index contributed by atoms with van der Waals surface area (Å²) in [5.74, 6) is -0.690. The molecule has 1 saturated carbocycles. The number of aliphatic hydroxyl groups is 2. The fourth-order valence-corrected chi connectivity index (χ4v) is 4.58. The van der Waals surface area contributed by atoms with Crippen molar-refractivity contribution in [3.63, 3.8) is 0 Å². The van der Waals surface area contributed by atoms with Gasteiger partial charge in [-0.1, -0.05) is 0 Å². The molecule has 21 heavy (non-hydrogen) atoms. The second-order valence-corrected chi connectivity index (χ2v) is 6.72. The maximum Gasteiger partial charge on any atom is 0.332 e. The first-order chi connectivity index (χ1) is 9.99. The van der Waals surface area contributed by atoms with Gasteiger partial charge in [0.05, 0.1) is 24.1 Å². The molecule has 2 aliphatic carbocycles. The Morgan fingerprint density at radius 2 is 2.33 bits per heavy atom. The van der Waals surface area contributed by atoms with Gasteiger partial charge in [-0.3, -0.25) is 4.99 Å². The lowest BCUT2D eigenvalue weighted by atomic mass is 9.60. The monoisotopic (exact) mass is 314 g/mol. The standard InChI is InChI=1S/C14H22N2O4S/c1-7(17)10-8-5-9(21-4-3-16-6-15-2)12(14(19)20)11(8)13(10)18/h6-8,10-11,13,17-18H,3-5H2,1-2H3,(H,15,16)(H,19,20). The molecule has 0 heterocycles. The largest absolute Gasteiger partial charge is 0.478 e. The van der Waals surface area contributed by atoms with E-state index in [0.717, 1.165) is 10.7 Å². The van der Waals surface area contributed by atoms with Crippen LogP contribution < -0.4 is 5.32 Å². The van der Waals surface area contributed by atoms with Crippen LogP contribution in [0.4, 0.5) is 0 Å². The SMILES string of the molecule is CN=CNCCSC1=C(C(=O)O)C2C(O)C(C(C)O)C2C1. The van der Waals surface area contributed by atoms with Crippen molar-refractivity contribution in [2.75, 3.05) is 19.3 Å². The first-order valence-corrected chi connectivity index (χ1v) is 8.06. The Hall–Kier alpha value is -1.05. The molecular formula is C14H22N2O4S. The molecule has 5 atom stereocenters. The summed E-state index contributed by atoms with van der Waals surface area (Å²) in [7, 11) is 1.68. The number of aliphatic imine (C=N–C) groups is 1. The van der Waals surface area contributed by atoms with Crippen molar-refractivity contribution in [3.05, 3.63) is 10.5 Å². The Morgan fingerprint density at radius 1 is 1.62 bits per heavy atom. The maximum absolute atomic E-state index is 11.5. The zero-order chi connectivity index (χ0) is 15.6. The topological polar surface area (TPSA) is 102 Å². The maximum atomic E-state index is 11.5. The van der Waals surface area contributed by atoms with Gasteiger partial charge in [0.2, 0.25) is 0 Å². The third-order valence-electron chi connectivity index (χ3n) is 4.30. The van der Waals surface area contributed by atoms with Gasteiger partial charge < -0.3 is 20.6 Å². The third kappa shape index (κ3) is 3.09. The average molecular weight is 314 g/mol. The molecule has 0 aromatic rings. The summed E-state index contributed by atoms with van der Waals surface area (Å²) < 4.78 is 0. The van der Waals surface area contributed by atoms with Crippen LogP contribution in [0.2, 0.25) is 0 Å². The van der Waals surface area contributed by atoms with E-state index in [9.17, 15) is 20.1 Å². The van der Waals surface area contributed by atoms with Crippen LogP contribution in [0.3, 0.4) is 0 Å². The van der Waals surface area contributed by atoms with Crippen LogP contribution in [0.25, 0.3) is 0 Å². The Labute approximate surface area is 128 Å². The summed E-state index contributed by atoms with van der Waals surface area (Å²) >= 11 is 1.52. The smallest absolute Gasteiger partial charge is 0.332 e. The number of carboxylic acids is 1. The van der Waals surface area contributed by atoms with Crippen LogP contribution in [0.15, 0.2) is 15.5 Å². The molecule has 0 aliphatic heterocycles. The van der Waals surface area contributed by atoms with E-state index in [1.807, 2.05) is 0 Å². The molecule has 0 radical (unpaired) electrons. The molecule has 6 nitrogen and oxygen atoms in total. The zero-order valence-corrected chi connectivity index (χ0v) is 13.0. The minimum atomic E-state index is -0.948. The number of nitrogens with one attached hydrogen (secondary N) is 1. The minimum absolute atomic E-state index is 0.0544. The van der Waals surface area contributed by atoms with Crippen molar-refractivity contribution >= 4 is 24.1 Å². The molecule has 2 rings (SSSR count). The predicted octanol–water partition coefficient (Wildman–Crippen LogP) is 0.314. The van der Waals surface area contributed by atoms with Gasteiger partial charge in [0.25, 0.3) is 0 Å². The summed E-state index contributed by atoms with van der Waals surface area (Å²) in [5.41, 5.74) is 0.346. The molecule has 118 valence electrons. The van der Waals surface area contributed by atoms with E-state index < -0.39 is 18.2 Å². The third-order valence-corrected chi connectivity index (χ3v) is 5.45. The first-order valence-electron chi connectivity index (χ1n) is 7.08. The van der Waals surface area contributed by atoms with Crippen LogP contribution in [-0.4, -0.2) is 59.2 Å². The van der Waals surface area contributed by atoms with Gasteiger partial charge in [0, 0.05) is 31.2 Å². The summed E-state index contributed by atoms with van der Waals surface area (Å²) in [6, 6.07) is 0. The number of carboxylic acid groups (broad SMARTS) is 1. The number of hydrogen-bond donors (Lipinski definition) is 4. The molecule has 4 N–H and O–H groups in total. The minimum Gasteiger partial charge on any atom is -0.478 e.